The van der Waals surface area contributed by atoms with Crippen molar-refractivity contribution in [3.05, 3.63) is 0 Å². The molecule has 1 aliphatic carbocycles. The van der Waals surface area contributed by atoms with Crippen LogP contribution in [0, 0.1) is 0 Å². The van der Waals surface area contributed by atoms with Gasteiger partial charge in [0.25, 0.3) is 0 Å². The summed E-state index contributed by atoms with van der Waals surface area (Å²) in [6.45, 7) is 5.77. The maximum Gasteiger partial charge on any atom is 0.222 e. The molecule has 2 N–H and O–H groups in total. The van der Waals surface area contributed by atoms with Gasteiger partial charge in [-0.05, 0) is 33.7 Å². The lowest BCUT2D eigenvalue weighted by Crippen LogP contribution is -2.41. The van der Waals surface area contributed by atoms with E-state index in [1.54, 1.807) is 0 Å². The largest absolute Gasteiger partial charge is 0.389 e. The minimum absolute atomic E-state index is 0.0171. The number of carbonyl (C=O) groups excluding carboxylic acids is 1. The Hall–Kier alpha value is -0.610. The zero-order valence-corrected chi connectivity index (χ0v) is 12.0. The summed E-state index contributed by atoms with van der Waals surface area (Å²) >= 11 is 0. The average Bonchev–Trinajstić information content (AvgIpc) is 2.28. The number of rotatable bonds is 6. The normalized spacial score (nSPS) is 19.2. The number of hydrogen-bond donors (Lipinski definition) is 2. The predicted molar refractivity (Wildman–Crippen MR) is 73.4 cm³/mol. The van der Waals surface area contributed by atoms with E-state index in [1.807, 2.05) is 7.05 Å². The highest BCUT2D eigenvalue weighted by molar-refractivity contribution is 5.77. The predicted octanol–water partition coefficient (Wildman–Crippen LogP) is 1.53. The van der Waals surface area contributed by atoms with Crippen molar-refractivity contribution in [3.63, 3.8) is 0 Å². The van der Waals surface area contributed by atoms with Crippen LogP contribution in [-0.4, -0.2) is 47.7 Å². The Kier molecular flexibility index (Phi) is 6.09. The van der Waals surface area contributed by atoms with Crippen LogP contribution in [0.3, 0.4) is 0 Å². The minimum atomic E-state index is -0.744. The van der Waals surface area contributed by atoms with Gasteiger partial charge in [-0.15, -0.1) is 0 Å². The summed E-state index contributed by atoms with van der Waals surface area (Å²) in [6, 6.07) is 0.490. The van der Waals surface area contributed by atoms with E-state index >= 15 is 0 Å². The van der Waals surface area contributed by atoms with E-state index in [0.717, 1.165) is 32.2 Å². The molecule has 1 aliphatic rings. The highest BCUT2D eigenvalue weighted by atomic mass is 16.3. The zero-order valence-electron chi connectivity index (χ0n) is 12.0. The van der Waals surface area contributed by atoms with E-state index in [4.69, 9.17) is 0 Å². The first kappa shape index (κ1) is 15.4. The monoisotopic (exact) mass is 256 g/mol. The van der Waals surface area contributed by atoms with Crippen molar-refractivity contribution < 1.29 is 9.90 Å². The minimum Gasteiger partial charge on any atom is -0.389 e. The second-order valence-electron chi connectivity index (χ2n) is 5.89. The number of nitrogens with one attached hydrogen (secondary N) is 1. The molecule has 0 unspecified atom stereocenters. The van der Waals surface area contributed by atoms with Gasteiger partial charge in [0.15, 0.2) is 0 Å². The number of hydrogen-bond acceptors (Lipinski definition) is 3. The Balaban J connectivity index is 2.21. The molecule has 0 aliphatic heterocycles. The third-order valence-electron chi connectivity index (χ3n) is 3.94. The lowest BCUT2D eigenvalue weighted by molar-refractivity contribution is -0.127. The van der Waals surface area contributed by atoms with E-state index < -0.39 is 5.60 Å². The Morgan fingerprint density at radius 1 is 1.33 bits per heavy atom. The SMILES string of the molecule is CC(C)N(C)CCNC(=O)CC1(O)CCCCC1. The van der Waals surface area contributed by atoms with Crippen LogP contribution < -0.4 is 5.32 Å². The Labute approximate surface area is 111 Å². The fourth-order valence-electron chi connectivity index (χ4n) is 2.38. The van der Waals surface area contributed by atoms with Gasteiger partial charge in [0.05, 0.1) is 12.0 Å². The Bertz CT molecular complexity index is 261. The molecule has 0 bridgehead atoms. The molecule has 0 aromatic carbocycles. The molecule has 1 rings (SSSR count). The summed E-state index contributed by atoms with van der Waals surface area (Å²) in [7, 11) is 2.05. The second kappa shape index (κ2) is 7.10. The summed E-state index contributed by atoms with van der Waals surface area (Å²) in [4.78, 5) is 14.0. The number of carbonyl (C=O) groups is 1. The van der Waals surface area contributed by atoms with Crippen LogP contribution in [0.4, 0.5) is 0 Å². The van der Waals surface area contributed by atoms with Gasteiger partial charge in [0.1, 0.15) is 0 Å². The molecular formula is C14H28N2O2. The summed E-state index contributed by atoms with van der Waals surface area (Å²) in [5.74, 6) is -0.0171. The van der Waals surface area contributed by atoms with Crippen LogP contribution in [0.1, 0.15) is 52.4 Å². The zero-order chi connectivity index (χ0) is 13.6. The van der Waals surface area contributed by atoms with Gasteiger partial charge in [0, 0.05) is 19.1 Å². The fraction of sp³-hybridized carbons (Fsp3) is 0.929. The highest BCUT2D eigenvalue weighted by Gasteiger charge is 2.31. The molecule has 1 amide bonds. The molecule has 0 saturated heterocycles. The van der Waals surface area contributed by atoms with Gasteiger partial charge in [-0.25, -0.2) is 0 Å². The Morgan fingerprint density at radius 2 is 1.94 bits per heavy atom. The fourth-order valence-corrected chi connectivity index (χ4v) is 2.38. The van der Waals surface area contributed by atoms with Gasteiger partial charge >= 0.3 is 0 Å². The Morgan fingerprint density at radius 3 is 2.50 bits per heavy atom. The van der Waals surface area contributed by atoms with Crippen molar-refractivity contribution in [2.75, 3.05) is 20.1 Å². The van der Waals surface area contributed by atoms with E-state index in [1.165, 1.54) is 6.42 Å². The molecule has 0 spiro atoms. The van der Waals surface area contributed by atoms with E-state index in [9.17, 15) is 9.90 Å². The second-order valence-corrected chi connectivity index (χ2v) is 5.89. The van der Waals surface area contributed by atoms with Crippen molar-refractivity contribution in [1.82, 2.24) is 10.2 Å². The maximum absolute atomic E-state index is 11.8. The maximum atomic E-state index is 11.8. The summed E-state index contributed by atoms with van der Waals surface area (Å²) in [5.41, 5.74) is -0.744. The average molecular weight is 256 g/mol. The highest BCUT2D eigenvalue weighted by Crippen LogP contribution is 2.30. The standard InChI is InChI=1S/C14H28N2O2/c1-12(2)16(3)10-9-15-13(17)11-14(18)7-5-4-6-8-14/h12,18H,4-11H2,1-3H3,(H,15,17). The summed E-state index contributed by atoms with van der Waals surface area (Å²) in [5, 5.41) is 13.2. The molecule has 0 aromatic rings. The molecule has 1 saturated carbocycles. The van der Waals surface area contributed by atoms with Gasteiger partial charge in [-0.2, -0.15) is 0 Å². The molecule has 0 radical (unpaired) electrons. The van der Waals surface area contributed by atoms with E-state index in [2.05, 4.69) is 24.1 Å². The van der Waals surface area contributed by atoms with Gasteiger partial charge in [-0.1, -0.05) is 19.3 Å². The summed E-state index contributed by atoms with van der Waals surface area (Å²) in [6.07, 6.45) is 5.07. The number of nitrogens with zero attached hydrogens (tertiary/aromatic N) is 1. The molecule has 106 valence electrons. The van der Waals surface area contributed by atoms with Gasteiger partial charge in [0.2, 0.25) is 5.91 Å². The lowest BCUT2D eigenvalue weighted by atomic mass is 9.82. The number of aliphatic hydroxyl groups is 1. The molecule has 4 heteroatoms. The first-order chi connectivity index (χ1) is 8.43. The molecule has 0 heterocycles. The van der Waals surface area contributed by atoms with Crippen LogP contribution in [0.25, 0.3) is 0 Å². The van der Waals surface area contributed by atoms with Gasteiger partial charge < -0.3 is 15.3 Å². The molecule has 18 heavy (non-hydrogen) atoms. The molecule has 0 atom stereocenters. The van der Waals surface area contributed by atoms with E-state index in [0.29, 0.717) is 12.6 Å². The van der Waals surface area contributed by atoms with Crippen LogP contribution in [0.2, 0.25) is 0 Å². The molecule has 0 aromatic heterocycles. The summed E-state index contributed by atoms with van der Waals surface area (Å²) < 4.78 is 0. The number of likely N-dealkylation sites (N-methyl/N-ethyl adjacent to an activating group) is 1. The van der Waals surface area contributed by atoms with Crippen LogP contribution in [0.5, 0.6) is 0 Å². The topological polar surface area (TPSA) is 52.6 Å². The first-order valence-electron chi connectivity index (χ1n) is 7.12. The lowest BCUT2D eigenvalue weighted by Gasteiger charge is -2.31. The third-order valence-corrected chi connectivity index (χ3v) is 3.94. The van der Waals surface area contributed by atoms with Crippen molar-refractivity contribution in [3.8, 4) is 0 Å². The van der Waals surface area contributed by atoms with E-state index in [-0.39, 0.29) is 12.3 Å². The smallest absolute Gasteiger partial charge is 0.222 e. The number of amides is 1. The first-order valence-corrected chi connectivity index (χ1v) is 7.12. The molecule has 4 nitrogen and oxygen atoms in total. The van der Waals surface area contributed by atoms with Gasteiger partial charge in [-0.3, -0.25) is 4.79 Å². The van der Waals surface area contributed by atoms with Crippen molar-refractivity contribution >= 4 is 5.91 Å². The van der Waals surface area contributed by atoms with Crippen molar-refractivity contribution in [1.29, 1.82) is 0 Å². The van der Waals surface area contributed by atoms with Crippen molar-refractivity contribution in [2.24, 2.45) is 0 Å². The van der Waals surface area contributed by atoms with Crippen LogP contribution in [0.15, 0.2) is 0 Å². The molecular weight excluding hydrogens is 228 g/mol. The van der Waals surface area contributed by atoms with Crippen LogP contribution in [-0.2, 0) is 4.79 Å². The quantitative estimate of drug-likeness (QED) is 0.758. The third kappa shape index (κ3) is 5.36. The van der Waals surface area contributed by atoms with Crippen LogP contribution >= 0.6 is 0 Å². The van der Waals surface area contributed by atoms with Crippen molar-refractivity contribution in [2.45, 2.75) is 64.0 Å². The molecule has 1 fully saturated rings.